The van der Waals surface area contributed by atoms with Gasteiger partial charge in [-0.1, -0.05) is 0 Å². The first-order valence-electron chi connectivity index (χ1n) is 6.06. The highest BCUT2D eigenvalue weighted by molar-refractivity contribution is 9.11. The van der Waals surface area contributed by atoms with Gasteiger partial charge < -0.3 is 0 Å². The number of nitrogens with zero attached hydrogens (tertiary/aromatic N) is 2. The van der Waals surface area contributed by atoms with E-state index in [1.807, 2.05) is 12.1 Å². The zero-order chi connectivity index (χ0) is 17.2. The summed E-state index contributed by atoms with van der Waals surface area (Å²) in [6.07, 6.45) is 0. The molecule has 1 aromatic heterocycles. The van der Waals surface area contributed by atoms with Gasteiger partial charge in [-0.05, 0) is 47.1 Å². The second-order valence-electron chi connectivity index (χ2n) is 4.39. The Kier molecular flexibility index (Phi) is 5.14. The zero-order valence-electron chi connectivity index (χ0n) is 11.7. The Morgan fingerprint density at radius 3 is 2.61 bits per heavy atom. The van der Waals surface area contributed by atoms with E-state index in [1.165, 1.54) is 23.5 Å². The Morgan fingerprint density at radius 2 is 2.09 bits per heavy atom. The molecule has 0 bridgehead atoms. The maximum Gasteiger partial charge on any atom is 0.295 e. The number of nitrogens with one attached hydrogen (secondary N) is 1. The average Bonchev–Trinajstić information content (AvgIpc) is 2.90. The molecule has 1 heterocycles. The Labute approximate surface area is 144 Å². The van der Waals surface area contributed by atoms with E-state index < -0.39 is 20.6 Å². The van der Waals surface area contributed by atoms with Gasteiger partial charge in [0.1, 0.15) is 5.69 Å². The highest BCUT2D eigenvalue weighted by Gasteiger charge is 2.19. The maximum absolute atomic E-state index is 11.3. The monoisotopic (exact) mass is 418 g/mol. The van der Waals surface area contributed by atoms with Crippen molar-refractivity contribution in [1.82, 2.24) is 0 Å². The molecule has 0 spiro atoms. The van der Waals surface area contributed by atoms with Gasteiger partial charge in [0.2, 0.25) is 10.0 Å². The Morgan fingerprint density at radius 1 is 1.39 bits per heavy atom. The van der Waals surface area contributed by atoms with Gasteiger partial charge in [0, 0.05) is 6.07 Å². The molecule has 0 aliphatic rings. The number of nitrogens with two attached hydrogens (primary N) is 1. The molecule has 2 rings (SSSR count). The summed E-state index contributed by atoms with van der Waals surface area (Å²) in [6, 6.07) is 7.04. The van der Waals surface area contributed by atoms with E-state index >= 15 is 0 Å². The number of hydrogen-bond acceptors (Lipinski definition) is 7. The number of hydrogen-bond donors (Lipinski definition) is 2. The molecule has 0 radical (unpaired) electrons. The topological polar surface area (TPSA) is 128 Å². The average molecular weight is 419 g/mol. The minimum absolute atomic E-state index is 0.0670. The highest BCUT2D eigenvalue weighted by Crippen LogP contribution is 2.28. The molecule has 0 fully saturated rings. The molecule has 0 unspecified atom stereocenters. The van der Waals surface area contributed by atoms with Crippen molar-refractivity contribution in [2.75, 3.05) is 5.43 Å². The van der Waals surface area contributed by atoms with Crippen LogP contribution in [0.4, 0.5) is 11.4 Å². The van der Waals surface area contributed by atoms with Gasteiger partial charge in [-0.2, -0.15) is 5.10 Å². The molecule has 0 saturated carbocycles. The molecule has 11 heteroatoms. The van der Waals surface area contributed by atoms with Crippen LogP contribution in [0.1, 0.15) is 11.8 Å². The molecule has 1 aromatic carbocycles. The molecular formula is C12H11BrN4O4S2. The summed E-state index contributed by atoms with van der Waals surface area (Å²) in [6.45, 7) is 1.75. The van der Waals surface area contributed by atoms with Crippen LogP contribution in [0.5, 0.6) is 0 Å². The van der Waals surface area contributed by atoms with E-state index in [-0.39, 0.29) is 10.6 Å². The van der Waals surface area contributed by atoms with Crippen LogP contribution >= 0.6 is 27.3 Å². The number of thiophene rings is 1. The Balaban J connectivity index is 2.34. The largest absolute Gasteiger partial charge is 0.295 e. The maximum atomic E-state index is 11.3. The number of sulfonamides is 1. The third-order valence-electron chi connectivity index (χ3n) is 2.77. The van der Waals surface area contributed by atoms with E-state index in [1.54, 1.807) is 6.92 Å². The molecule has 8 nitrogen and oxygen atoms in total. The fourth-order valence-electron chi connectivity index (χ4n) is 1.64. The van der Waals surface area contributed by atoms with Gasteiger partial charge in [0.15, 0.2) is 0 Å². The smallest absolute Gasteiger partial charge is 0.271 e. The van der Waals surface area contributed by atoms with Crippen molar-refractivity contribution in [3.8, 4) is 0 Å². The lowest BCUT2D eigenvalue weighted by Gasteiger charge is -2.05. The van der Waals surface area contributed by atoms with Gasteiger partial charge in [-0.15, -0.1) is 11.3 Å². The van der Waals surface area contributed by atoms with E-state index in [4.69, 9.17) is 5.14 Å². The lowest BCUT2D eigenvalue weighted by atomic mass is 10.3. The van der Waals surface area contributed by atoms with E-state index in [0.717, 1.165) is 14.7 Å². The van der Waals surface area contributed by atoms with Crippen molar-refractivity contribution in [3.63, 3.8) is 0 Å². The fraction of sp³-hybridized carbons (Fsp3) is 0.0833. The number of rotatable bonds is 5. The van der Waals surface area contributed by atoms with Crippen molar-refractivity contribution < 1.29 is 13.3 Å². The van der Waals surface area contributed by atoms with Crippen molar-refractivity contribution in [3.05, 3.63) is 49.1 Å². The second-order valence-corrected chi connectivity index (χ2v) is 8.42. The van der Waals surface area contributed by atoms with Crippen molar-refractivity contribution >= 4 is 54.4 Å². The molecule has 122 valence electrons. The fourth-order valence-corrected chi connectivity index (χ4v) is 3.51. The van der Waals surface area contributed by atoms with E-state index in [9.17, 15) is 18.5 Å². The van der Waals surface area contributed by atoms with Crippen LogP contribution in [-0.2, 0) is 10.0 Å². The summed E-state index contributed by atoms with van der Waals surface area (Å²) >= 11 is 4.80. The third-order valence-corrected chi connectivity index (χ3v) is 5.41. The van der Waals surface area contributed by atoms with Crippen LogP contribution in [0.25, 0.3) is 0 Å². The van der Waals surface area contributed by atoms with Crippen LogP contribution in [-0.4, -0.2) is 19.1 Å². The predicted octanol–water partition coefficient (Wildman–Crippen LogP) is 2.90. The molecule has 2 aromatic rings. The van der Waals surface area contributed by atoms with Gasteiger partial charge in [-0.3, -0.25) is 15.5 Å². The standard InChI is InChI=1S/C12H11BrN4O4S2/c1-7(11-4-5-12(13)22-11)15-16-9-3-2-8(23(14,20)21)6-10(9)17(18)19/h2-6,16H,1H3,(H2,14,20,21)/b15-7-. The van der Waals surface area contributed by atoms with Gasteiger partial charge in [-0.25, -0.2) is 13.6 Å². The van der Waals surface area contributed by atoms with Gasteiger partial charge in [0.05, 0.1) is 24.2 Å². The van der Waals surface area contributed by atoms with Crippen LogP contribution in [0.15, 0.2) is 44.1 Å². The molecule has 0 amide bonds. The molecular weight excluding hydrogens is 408 g/mol. The number of nitro benzene ring substituents is 1. The molecule has 23 heavy (non-hydrogen) atoms. The Hall–Kier alpha value is -1.82. The highest BCUT2D eigenvalue weighted by atomic mass is 79.9. The first-order chi connectivity index (χ1) is 10.7. The molecule has 0 aliphatic carbocycles. The van der Waals surface area contributed by atoms with E-state index in [2.05, 4.69) is 26.5 Å². The quantitative estimate of drug-likeness (QED) is 0.438. The van der Waals surface area contributed by atoms with E-state index in [0.29, 0.717) is 5.71 Å². The minimum atomic E-state index is -4.02. The number of hydrazone groups is 1. The van der Waals surface area contributed by atoms with Crippen LogP contribution in [0, 0.1) is 10.1 Å². The van der Waals surface area contributed by atoms with Crippen LogP contribution in [0.2, 0.25) is 0 Å². The van der Waals surface area contributed by atoms with Crippen molar-refractivity contribution in [2.45, 2.75) is 11.8 Å². The summed E-state index contributed by atoms with van der Waals surface area (Å²) in [5, 5.41) is 20.2. The summed E-state index contributed by atoms with van der Waals surface area (Å²) in [5.41, 5.74) is 2.85. The lowest BCUT2D eigenvalue weighted by Crippen LogP contribution is -2.12. The zero-order valence-corrected chi connectivity index (χ0v) is 14.9. The predicted molar refractivity (Wildman–Crippen MR) is 92.3 cm³/mol. The van der Waals surface area contributed by atoms with Crippen molar-refractivity contribution in [1.29, 1.82) is 0 Å². The van der Waals surface area contributed by atoms with Gasteiger partial charge in [0.25, 0.3) is 5.69 Å². The number of nitro groups is 1. The van der Waals surface area contributed by atoms with Crippen LogP contribution < -0.4 is 10.6 Å². The number of primary sulfonamides is 1. The van der Waals surface area contributed by atoms with Gasteiger partial charge >= 0.3 is 0 Å². The second kappa shape index (κ2) is 6.74. The lowest BCUT2D eigenvalue weighted by molar-refractivity contribution is -0.384. The first kappa shape index (κ1) is 17.5. The number of anilines is 1. The summed E-state index contributed by atoms with van der Waals surface area (Å²) in [7, 11) is -4.02. The summed E-state index contributed by atoms with van der Waals surface area (Å²) in [5.74, 6) is 0. The number of benzene rings is 1. The normalized spacial score (nSPS) is 12.2. The Bertz CT molecular complexity index is 892. The molecule has 0 aliphatic heterocycles. The number of halogens is 1. The van der Waals surface area contributed by atoms with Crippen molar-refractivity contribution in [2.24, 2.45) is 10.2 Å². The van der Waals surface area contributed by atoms with Crippen LogP contribution in [0.3, 0.4) is 0 Å². The molecule has 0 atom stereocenters. The first-order valence-corrected chi connectivity index (χ1v) is 9.21. The third kappa shape index (κ3) is 4.34. The summed E-state index contributed by atoms with van der Waals surface area (Å²) in [4.78, 5) is 10.9. The molecule has 0 saturated heterocycles. The minimum Gasteiger partial charge on any atom is -0.271 e. The summed E-state index contributed by atoms with van der Waals surface area (Å²) < 4.78 is 23.5. The SMILES string of the molecule is C/C(=N/Nc1ccc(S(N)(=O)=O)cc1[N+](=O)[O-])c1ccc(Br)s1. The molecule has 3 N–H and O–H groups in total.